The van der Waals surface area contributed by atoms with Crippen molar-refractivity contribution in [3.05, 3.63) is 29.8 Å². The summed E-state index contributed by atoms with van der Waals surface area (Å²) in [5, 5.41) is 0. The number of aryl methyl sites for hydroxylation is 1. The molecule has 1 aromatic rings. The van der Waals surface area contributed by atoms with E-state index in [0.717, 1.165) is 5.56 Å². The molecule has 0 amide bonds. The van der Waals surface area contributed by atoms with Crippen LogP contribution in [0.15, 0.2) is 29.2 Å². The first kappa shape index (κ1) is 10.2. The van der Waals surface area contributed by atoms with Gasteiger partial charge in [0.15, 0.2) is 9.84 Å². The molecule has 1 rings (SSSR count). The molecule has 0 bridgehead atoms. The van der Waals surface area contributed by atoms with Gasteiger partial charge in [0, 0.05) is 0 Å². The molecule has 0 radical (unpaired) electrons. The number of hydrogen-bond donors (Lipinski definition) is 2. The Morgan fingerprint density at radius 3 is 2.31 bits per heavy atom. The van der Waals surface area contributed by atoms with Crippen molar-refractivity contribution in [2.75, 3.05) is 5.88 Å². The Hall–Kier alpha value is -0.910. The zero-order valence-electron chi connectivity index (χ0n) is 7.32. The molecule has 0 atom stereocenters. The lowest BCUT2D eigenvalue weighted by Crippen LogP contribution is -2.29. The second-order valence-corrected chi connectivity index (χ2v) is 4.77. The van der Waals surface area contributed by atoms with Crippen LogP contribution in [0.3, 0.4) is 0 Å². The smallest absolute Gasteiger partial charge is 0.192 e. The van der Waals surface area contributed by atoms with Crippen molar-refractivity contribution < 1.29 is 8.42 Å². The Bertz CT molecular complexity index is 370. The van der Waals surface area contributed by atoms with E-state index in [9.17, 15) is 8.42 Å². The lowest BCUT2D eigenvalue weighted by atomic mass is 10.2. The number of benzene rings is 1. The molecular formula is C8H12N2O2S. The average molecular weight is 200 g/mol. The van der Waals surface area contributed by atoms with E-state index in [1.807, 2.05) is 6.92 Å². The van der Waals surface area contributed by atoms with Crippen LogP contribution in [-0.2, 0) is 9.84 Å². The number of rotatable bonds is 3. The predicted octanol–water partition coefficient (Wildman–Crippen LogP) is 0.190. The molecule has 0 saturated carbocycles. The Kier molecular flexibility index (Phi) is 3.02. The van der Waals surface area contributed by atoms with Crippen LogP contribution in [0.2, 0.25) is 0 Å². The number of hydrogen-bond acceptors (Lipinski definition) is 4. The number of nitrogens with one attached hydrogen (secondary N) is 1. The van der Waals surface area contributed by atoms with Crippen LogP contribution < -0.4 is 11.3 Å². The van der Waals surface area contributed by atoms with Gasteiger partial charge in [-0.3, -0.25) is 5.84 Å². The van der Waals surface area contributed by atoms with Crippen molar-refractivity contribution in [2.24, 2.45) is 5.84 Å². The minimum atomic E-state index is -3.26. The molecule has 4 nitrogen and oxygen atoms in total. The number of hydrazine groups is 1. The highest BCUT2D eigenvalue weighted by atomic mass is 32.2. The van der Waals surface area contributed by atoms with Crippen molar-refractivity contribution in [1.82, 2.24) is 5.43 Å². The van der Waals surface area contributed by atoms with Crippen LogP contribution in [0.1, 0.15) is 5.56 Å². The van der Waals surface area contributed by atoms with Crippen molar-refractivity contribution >= 4 is 9.84 Å². The summed E-state index contributed by atoms with van der Waals surface area (Å²) >= 11 is 0. The van der Waals surface area contributed by atoms with E-state index in [0.29, 0.717) is 0 Å². The maximum atomic E-state index is 11.4. The fourth-order valence-corrected chi connectivity index (χ4v) is 1.88. The van der Waals surface area contributed by atoms with Crippen LogP contribution in [0.4, 0.5) is 0 Å². The van der Waals surface area contributed by atoms with E-state index in [1.165, 1.54) is 0 Å². The normalized spacial score (nSPS) is 11.5. The summed E-state index contributed by atoms with van der Waals surface area (Å²) in [7, 11) is -3.26. The summed E-state index contributed by atoms with van der Waals surface area (Å²) in [6, 6.07) is 6.65. The molecule has 0 aliphatic heterocycles. The van der Waals surface area contributed by atoms with Gasteiger partial charge in [-0.05, 0) is 19.1 Å². The Balaban J connectivity index is 3.02. The monoisotopic (exact) mass is 200 g/mol. The van der Waals surface area contributed by atoms with Gasteiger partial charge in [0.25, 0.3) is 0 Å². The van der Waals surface area contributed by atoms with E-state index in [1.54, 1.807) is 24.3 Å². The topological polar surface area (TPSA) is 72.2 Å². The average Bonchev–Trinajstić information content (AvgIpc) is 2.05. The van der Waals surface area contributed by atoms with Crippen LogP contribution in [0.25, 0.3) is 0 Å². The minimum absolute atomic E-state index is 0.240. The molecule has 0 saturated heterocycles. The fourth-order valence-electron chi connectivity index (χ4n) is 0.939. The predicted molar refractivity (Wildman–Crippen MR) is 50.6 cm³/mol. The quantitative estimate of drug-likeness (QED) is 0.539. The summed E-state index contributed by atoms with van der Waals surface area (Å²) in [6.07, 6.45) is 0. The van der Waals surface area contributed by atoms with E-state index in [2.05, 4.69) is 5.43 Å². The fraction of sp³-hybridized carbons (Fsp3) is 0.250. The summed E-state index contributed by atoms with van der Waals surface area (Å²) in [5.41, 5.74) is 3.16. The molecule has 0 unspecified atom stereocenters. The second kappa shape index (κ2) is 3.87. The summed E-state index contributed by atoms with van der Waals surface area (Å²) in [5.74, 6) is 4.71. The van der Waals surface area contributed by atoms with Crippen LogP contribution >= 0.6 is 0 Å². The first-order chi connectivity index (χ1) is 6.06. The number of sulfone groups is 1. The van der Waals surface area contributed by atoms with Crippen molar-refractivity contribution in [1.29, 1.82) is 0 Å². The van der Waals surface area contributed by atoms with Gasteiger partial charge in [0.1, 0.15) is 5.88 Å². The molecule has 5 heteroatoms. The van der Waals surface area contributed by atoms with Crippen molar-refractivity contribution in [3.63, 3.8) is 0 Å². The highest BCUT2D eigenvalue weighted by Gasteiger charge is 2.11. The number of nitrogens with two attached hydrogens (primary N) is 1. The highest BCUT2D eigenvalue weighted by Crippen LogP contribution is 2.10. The maximum absolute atomic E-state index is 11.4. The first-order valence-electron chi connectivity index (χ1n) is 3.79. The SMILES string of the molecule is Cc1ccc(S(=O)(=O)CNN)cc1. The molecule has 72 valence electrons. The molecule has 3 N–H and O–H groups in total. The standard InChI is InChI=1S/C8H12N2O2S/c1-7-2-4-8(5-3-7)13(11,12)6-10-9/h2-5,10H,6,9H2,1H3. The lowest BCUT2D eigenvalue weighted by Gasteiger charge is -2.02. The summed E-state index contributed by atoms with van der Waals surface area (Å²) < 4.78 is 22.8. The van der Waals surface area contributed by atoms with Crippen molar-refractivity contribution in [2.45, 2.75) is 11.8 Å². The Labute approximate surface area is 77.6 Å². The van der Waals surface area contributed by atoms with Gasteiger partial charge >= 0.3 is 0 Å². The zero-order chi connectivity index (χ0) is 9.90. The van der Waals surface area contributed by atoms with Gasteiger partial charge in [-0.25, -0.2) is 13.8 Å². The van der Waals surface area contributed by atoms with Gasteiger partial charge in [0.2, 0.25) is 0 Å². The third-order valence-electron chi connectivity index (χ3n) is 1.65. The largest absolute Gasteiger partial charge is 0.270 e. The molecule has 0 aliphatic carbocycles. The first-order valence-corrected chi connectivity index (χ1v) is 5.44. The van der Waals surface area contributed by atoms with Gasteiger partial charge in [-0.15, -0.1) is 0 Å². The second-order valence-electron chi connectivity index (χ2n) is 2.78. The molecule has 0 fully saturated rings. The lowest BCUT2D eigenvalue weighted by molar-refractivity contribution is 0.589. The van der Waals surface area contributed by atoms with Gasteiger partial charge in [-0.1, -0.05) is 17.7 Å². The summed E-state index contributed by atoms with van der Waals surface area (Å²) in [6.45, 7) is 1.90. The van der Waals surface area contributed by atoms with Gasteiger partial charge < -0.3 is 0 Å². The van der Waals surface area contributed by atoms with Gasteiger partial charge in [0.05, 0.1) is 4.90 Å². The third kappa shape index (κ3) is 2.51. The molecule has 0 aromatic heterocycles. The van der Waals surface area contributed by atoms with Crippen LogP contribution in [0.5, 0.6) is 0 Å². The van der Waals surface area contributed by atoms with Gasteiger partial charge in [-0.2, -0.15) is 0 Å². The molecular weight excluding hydrogens is 188 g/mol. The zero-order valence-corrected chi connectivity index (χ0v) is 8.14. The maximum Gasteiger partial charge on any atom is 0.192 e. The van der Waals surface area contributed by atoms with Crippen LogP contribution in [0, 0.1) is 6.92 Å². The van der Waals surface area contributed by atoms with E-state index in [-0.39, 0.29) is 10.8 Å². The molecule has 1 aromatic carbocycles. The highest BCUT2D eigenvalue weighted by molar-refractivity contribution is 7.91. The minimum Gasteiger partial charge on any atom is -0.270 e. The van der Waals surface area contributed by atoms with E-state index >= 15 is 0 Å². The molecule has 0 heterocycles. The Morgan fingerprint density at radius 2 is 1.85 bits per heavy atom. The van der Waals surface area contributed by atoms with E-state index < -0.39 is 9.84 Å². The molecule has 13 heavy (non-hydrogen) atoms. The molecule has 0 aliphatic rings. The van der Waals surface area contributed by atoms with Crippen LogP contribution in [-0.4, -0.2) is 14.3 Å². The molecule has 0 spiro atoms. The van der Waals surface area contributed by atoms with E-state index in [4.69, 9.17) is 5.84 Å². The third-order valence-corrected chi connectivity index (χ3v) is 3.19. The summed E-state index contributed by atoms with van der Waals surface area (Å²) in [4.78, 5) is 0.288. The Morgan fingerprint density at radius 1 is 1.31 bits per heavy atom. The van der Waals surface area contributed by atoms with Crippen molar-refractivity contribution in [3.8, 4) is 0 Å².